The molecule has 0 saturated carbocycles. The molecule has 3 heteroatoms. The van der Waals surface area contributed by atoms with Gasteiger partial charge in [-0.25, -0.2) is 0 Å². The van der Waals surface area contributed by atoms with Crippen LogP contribution in [-0.2, 0) is 11.2 Å². The van der Waals surface area contributed by atoms with E-state index in [1.165, 1.54) is 19.1 Å². The Bertz CT molecular complexity index is 377. The van der Waals surface area contributed by atoms with Crippen molar-refractivity contribution >= 4 is 5.78 Å². The van der Waals surface area contributed by atoms with Crippen molar-refractivity contribution < 1.29 is 9.90 Å². The number of rotatable bonds is 2. The lowest BCUT2D eigenvalue weighted by atomic mass is 10.1. The molecule has 0 aromatic heterocycles. The van der Waals surface area contributed by atoms with E-state index in [9.17, 15) is 9.90 Å². The Labute approximate surface area is 76.2 Å². The molecule has 0 atom stereocenters. The van der Waals surface area contributed by atoms with E-state index < -0.39 is 0 Å². The zero-order valence-electron chi connectivity index (χ0n) is 7.24. The number of Topliss-reactive ketones (excluding diaryl/α,β-unsaturated/α-hetero) is 1. The van der Waals surface area contributed by atoms with Gasteiger partial charge in [0.25, 0.3) is 0 Å². The quantitative estimate of drug-likeness (QED) is 0.738. The number of hydrogen-bond donors (Lipinski definition) is 1. The molecule has 0 aliphatic rings. The molecule has 0 unspecified atom stereocenters. The molecule has 1 aromatic rings. The predicted octanol–water partition coefficient (Wildman–Crippen LogP) is 1.40. The summed E-state index contributed by atoms with van der Waals surface area (Å²) in [6.45, 7) is 1.47. The highest BCUT2D eigenvalue weighted by Gasteiger charge is 2.01. The van der Waals surface area contributed by atoms with Crippen molar-refractivity contribution in [2.24, 2.45) is 0 Å². The SMILES string of the molecule is CC(=O)Cc1cc(O)cc(C#N)c1. The number of benzene rings is 1. The smallest absolute Gasteiger partial charge is 0.134 e. The van der Waals surface area contributed by atoms with E-state index in [0.29, 0.717) is 11.1 Å². The Morgan fingerprint density at radius 1 is 1.54 bits per heavy atom. The predicted molar refractivity (Wildman–Crippen MR) is 47.2 cm³/mol. The highest BCUT2D eigenvalue weighted by atomic mass is 16.3. The van der Waals surface area contributed by atoms with Gasteiger partial charge in [0.05, 0.1) is 11.6 Å². The van der Waals surface area contributed by atoms with Gasteiger partial charge in [-0.2, -0.15) is 5.26 Å². The third-order valence-electron chi connectivity index (χ3n) is 1.56. The molecule has 0 bridgehead atoms. The van der Waals surface area contributed by atoms with E-state index in [0.717, 1.165) is 0 Å². The minimum absolute atomic E-state index is 0.00879. The number of carbonyl (C=O) groups excluding carboxylic acids is 1. The van der Waals surface area contributed by atoms with Gasteiger partial charge in [-0.15, -0.1) is 0 Å². The zero-order valence-corrected chi connectivity index (χ0v) is 7.24. The van der Waals surface area contributed by atoms with Crippen molar-refractivity contribution in [3.05, 3.63) is 29.3 Å². The average Bonchev–Trinajstić information content (AvgIpc) is 2.01. The van der Waals surface area contributed by atoms with Gasteiger partial charge in [0.1, 0.15) is 11.5 Å². The Morgan fingerprint density at radius 2 is 2.23 bits per heavy atom. The van der Waals surface area contributed by atoms with Crippen molar-refractivity contribution in [1.29, 1.82) is 5.26 Å². The number of carbonyl (C=O) groups is 1. The van der Waals surface area contributed by atoms with Gasteiger partial charge < -0.3 is 5.11 Å². The molecule has 3 nitrogen and oxygen atoms in total. The van der Waals surface area contributed by atoms with Gasteiger partial charge in [0, 0.05) is 6.42 Å². The van der Waals surface area contributed by atoms with Gasteiger partial charge in [0.15, 0.2) is 0 Å². The van der Waals surface area contributed by atoms with Crippen molar-refractivity contribution in [1.82, 2.24) is 0 Å². The van der Waals surface area contributed by atoms with Gasteiger partial charge in [-0.3, -0.25) is 4.79 Å². The minimum Gasteiger partial charge on any atom is -0.508 e. The average molecular weight is 175 g/mol. The Balaban J connectivity index is 3.03. The zero-order chi connectivity index (χ0) is 9.84. The van der Waals surface area contributed by atoms with Gasteiger partial charge in [-0.05, 0) is 30.7 Å². The van der Waals surface area contributed by atoms with E-state index >= 15 is 0 Å². The van der Waals surface area contributed by atoms with Crippen molar-refractivity contribution in [3.63, 3.8) is 0 Å². The highest BCUT2D eigenvalue weighted by molar-refractivity contribution is 5.78. The second kappa shape index (κ2) is 3.72. The summed E-state index contributed by atoms with van der Waals surface area (Å²) >= 11 is 0. The second-order valence-corrected chi connectivity index (χ2v) is 2.88. The first-order valence-corrected chi connectivity index (χ1v) is 3.84. The molecule has 1 N–H and O–H groups in total. The van der Waals surface area contributed by atoms with E-state index in [1.807, 2.05) is 6.07 Å². The van der Waals surface area contributed by atoms with Crippen LogP contribution in [0.15, 0.2) is 18.2 Å². The molecule has 0 radical (unpaired) electrons. The molecule has 0 aliphatic carbocycles. The number of hydrogen-bond acceptors (Lipinski definition) is 3. The summed E-state index contributed by atoms with van der Waals surface area (Å²) in [5.41, 5.74) is 1.04. The fraction of sp³-hybridized carbons (Fsp3) is 0.200. The van der Waals surface area contributed by atoms with Gasteiger partial charge in [0.2, 0.25) is 0 Å². The molecule has 0 aliphatic heterocycles. The van der Waals surface area contributed by atoms with Crippen molar-refractivity contribution in [2.75, 3.05) is 0 Å². The number of aromatic hydroxyl groups is 1. The van der Waals surface area contributed by atoms with Crippen molar-refractivity contribution in [2.45, 2.75) is 13.3 Å². The lowest BCUT2D eigenvalue weighted by Gasteiger charge is -1.99. The minimum atomic E-state index is 0.00879. The summed E-state index contributed by atoms with van der Waals surface area (Å²) in [4.78, 5) is 10.8. The Kier molecular flexibility index (Phi) is 2.65. The maximum Gasteiger partial charge on any atom is 0.134 e. The summed E-state index contributed by atoms with van der Waals surface area (Å²) in [5.74, 6) is 0.0322. The molecule has 66 valence electrons. The first-order valence-electron chi connectivity index (χ1n) is 3.84. The Hall–Kier alpha value is -1.82. The largest absolute Gasteiger partial charge is 0.508 e. The van der Waals surface area contributed by atoms with Crippen LogP contribution in [0.4, 0.5) is 0 Å². The number of nitrogens with zero attached hydrogens (tertiary/aromatic N) is 1. The van der Waals surface area contributed by atoms with Crippen molar-refractivity contribution in [3.8, 4) is 11.8 Å². The second-order valence-electron chi connectivity index (χ2n) is 2.88. The van der Waals surface area contributed by atoms with E-state index in [-0.39, 0.29) is 18.0 Å². The van der Waals surface area contributed by atoms with Crippen LogP contribution in [0.2, 0.25) is 0 Å². The fourth-order valence-corrected chi connectivity index (χ4v) is 1.13. The molecular weight excluding hydrogens is 166 g/mol. The lowest BCUT2D eigenvalue weighted by Crippen LogP contribution is -1.96. The van der Waals surface area contributed by atoms with E-state index in [4.69, 9.17) is 5.26 Å². The van der Waals surface area contributed by atoms with Crippen LogP contribution >= 0.6 is 0 Å². The number of ketones is 1. The molecule has 0 heterocycles. The highest BCUT2D eigenvalue weighted by Crippen LogP contribution is 2.15. The summed E-state index contributed by atoms with van der Waals surface area (Å²) in [6.07, 6.45) is 0.253. The molecular formula is C10H9NO2. The van der Waals surface area contributed by atoms with Crippen LogP contribution in [0.25, 0.3) is 0 Å². The Morgan fingerprint density at radius 3 is 2.77 bits per heavy atom. The first kappa shape index (κ1) is 9.27. The molecule has 0 amide bonds. The van der Waals surface area contributed by atoms with Gasteiger partial charge in [-0.1, -0.05) is 0 Å². The summed E-state index contributed by atoms with van der Waals surface area (Å²) < 4.78 is 0. The number of nitriles is 1. The monoisotopic (exact) mass is 175 g/mol. The van der Waals surface area contributed by atoms with E-state index in [1.54, 1.807) is 6.07 Å². The van der Waals surface area contributed by atoms with Crippen LogP contribution in [0.3, 0.4) is 0 Å². The van der Waals surface area contributed by atoms with E-state index in [2.05, 4.69) is 0 Å². The van der Waals surface area contributed by atoms with Gasteiger partial charge >= 0.3 is 0 Å². The van der Waals surface area contributed by atoms with Crippen LogP contribution in [0.5, 0.6) is 5.75 Å². The third kappa shape index (κ3) is 2.60. The molecule has 0 saturated heterocycles. The van der Waals surface area contributed by atoms with Crippen LogP contribution in [-0.4, -0.2) is 10.9 Å². The topological polar surface area (TPSA) is 61.1 Å². The molecule has 1 aromatic carbocycles. The lowest BCUT2D eigenvalue weighted by molar-refractivity contribution is -0.116. The molecule has 0 spiro atoms. The third-order valence-corrected chi connectivity index (χ3v) is 1.56. The van der Waals surface area contributed by atoms with Crippen LogP contribution in [0, 0.1) is 11.3 Å². The molecule has 0 fully saturated rings. The fourth-order valence-electron chi connectivity index (χ4n) is 1.13. The first-order chi connectivity index (χ1) is 6.11. The summed E-state index contributed by atoms with van der Waals surface area (Å²) in [5, 5.41) is 17.8. The normalized spacial score (nSPS) is 9.23. The van der Waals surface area contributed by atoms with Crippen LogP contribution in [0.1, 0.15) is 18.1 Å². The number of phenols is 1. The summed E-state index contributed by atoms with van der Waals surface area (Å²) in [6, 6.07) is 6.36. The maximum atomic E-state index is 10.8. The molecule has 1 rings (SSSR count). The maximum absolute atomic E-state index is 10.8. The van der Waals surface area contributed by atoms with Crippen LogP contribution < -0.4 is 0 Å². The number of phenolic OH excluding ortho intramolecular Hbond substituents is 1. The summed E-state index contributed by atoms with van der Waals surface area (Å²) in [7, 11) is 0. The standard InChI is InChI=1S/C10H9NO2/c1-7(12)2-8-3-9(6-11)5-10(13)4-8/h3-5,13H,2H2,1H3. The molecule has 13 heavy (non-hydrogen) atoms.